The van der Waals surface area contributed by atoms with Crippen molar-refractivity contribution in [3.63, 3.8) is 0 Å². The zero-order valence-electron chi connectivity index (χ0n) is 17.9. The molecule has 5 rings (SSSR count). The minimum atomic E-state index is -0.397. The van der Waals surface area contributed by atoms with E-state index in [2.05, 4.69) is 10.5 Å². The molecule has 1 unspecified atom stereocenters. The van der Waals surface area contributed by atoms with Gasteiger partial charge in [0.2, 0.25) is 17.6 Å². The highest BCUT2D eigenvalue weighted by molar-refractivity contribution is 6.00. The molecule has 1 aliphatic rings. The van der Waals surface area contributed by atoms with Gasteiger partial charge < -0.3 is 19.2 Å². The smallest absolute Gasteiger partial charge is 0.227 e. The number of aromatic nitrogens is 1. The number of carbonyl (C=O) groups is 2. The van der Waals surface area contributed by atoms with Crippen molar-refractivity contribution in [1.82, 2.24) is 10.5 Å². The summed E-state index contributed by atoms with van der Waals surface area (Å²) in [6.07, 6.45) is 0.196. The van der Waals surface area contributed by atoms with Gasteiger partial charge in [-0.15, -0.1) is 0 Å². The first-order chi connectivity index (χ1) is 15.5. The summed E-state index contributed by atoms with van der Waals surface area (Å²) >= 11 is 0. The number of hydrogen-bond acceptors (Lipinski definition) is 5. The summed E-state index contributed by atoms with van der Waals surface area (Å²) in [5, 5.41) is 7.88. The standard InChI is InChI=1S/C25H23N3O4/c1-15-7-8-20(9-16(15)2)28-14-18(11-24(28)29)25(30)26-13-19-12-23(32-27-19)22-10-17-5-3-4-6-21(17)31-22/h3-10,12,18H,11,13-14H2,1-2H3,(H,26,30). The van der Waals surface area contributed by atoms with Crippen molar-refractivity contribution < 1.29 is 18.5 Å². The Morgan fingerprint density at radius 1 is 1.09 bits per heavy atom. The Kier molecular flexibility index (Phi) is 5.01. The van der Waals surface area contributed by atoms with E-state index >= 15 is 0 Å². The average molecular weight is 429 g/mol. The average Bonchev–Trinajstić information content (AvgIpc) is 3.51. The number of hydrogen-bond donors (Lipinski definition) is 1. The topological polar surface area (TPSA) is 88.6 Å². The Hall–Kier alpha value is -3.87. The first-order valence-corrected chi connectivity index (χ1v) is 10.6. The van der Waals surface area contributed by atoms with E-state index < -0.39 is 5.92 Å². The van der Waals surface area contributed by atoms with Crippen LogP contribution in [0.1, 0.15) is 23.2 Å². The van der Waals surface area contributed by atoms with Gasteiger partial charge in [0.1, 0.15) is 11.3 Å². The fourth-order valence-corrected chi connectivity index (χ4v) is 3.96. The van der Waals surface area contributed by atoms with Gasteiger partial charge in [-0.2, -0.15) is 0 Å². The minimum absolute atomic E-state index is 0.0398. The number of fused-ring (bicyclic) bond motifs is 1. The first-order valence-electron chi connectivity index (χ1n) is 10.6. The van der Waals surface area contributed by atoms with Crippen LogP contribution in [0.5, 0.6) is 0 Å². The Balaban J connectivity index is 1.21. The molecule has 7 heteroatoms. The van der Waals surface area contributed by atoms with Gasteiger partial charge in [-0.05, 0) is 49.2 Å². The maximum atomic E-state index is 12.7. The lowest BCUT2D eigenvalue weighted by Crippen LogP contribution is -2.32. The number of nitrogens with zero attached hydrogens (tertiary/aromatic N) is 2. The molecule has 32 heavy (non-hydrogen) atoms. The zero-order chi connectivity index (χ0) is 22.2. The summed E-state index contributed by atoms with van der Waals surface area (Å²) in [4.78, 5) is 26.9. The van der Waals surface area contributed by atoms with E-state index in [0.29, 0.717) is 23.8 Å². The van der Waals surface area contributed by atoms with Crippen molar-refractivity contribution in [2.45, 2.75) is 26.8 Å². The number of anilines is 1. The number of nitrogens with one attached hydrogen (secondary N) is 1. The zero-order valence-corrected chi connectivity index (χ0v) is 17.9. The number of amides is 2. The molecule has 1 saturated heterocycles. The molecule has 1 N–H and O–H groups in total. The Morgan fingerprint density at radius 2 is 1.94 bits per heavy atom. The molecule has 3 heterocycles. The molecule has 2 amide bonds. The van der Waals surface area contributed by atoms with Crippen molar-refractivity contribution in [1.29, 1.82) is 0 Å². The van der Waals surface area contributed by atoms with Crippen molar-refractivity contribution in [2.75, 3.05) is 11.4 Å². The lowest BCUT2D eigenvalue weighted by Gasteiger charge is -2.18. The lowest BCUT2D eigenvalue weighted by molar-refractivity contribution is -0.126. The van der Waals surface area contributed by atoms with Gasteiger partial charge in [-0.3, -0.25) is 9.59 Å². The Morgan fingerprint density at radius 3 is 2.75 bits per heavy atom. The molecular weight excluding hydrogens is 406 g/mol. The number of para-hydroxylation sites is 1. The minimum Gasteiger partial charge on any atom is -0.453 e. The van der Waals surface area contributed by atoms with E-state index in [9.17, 15) is 9.59 Å². The first kappa shape index (κ1) is 20.1. The third-order valence-electron chi connectivity index (χ3n) is 5.97. The van der Waals surface area contributed by atoms with E-state index in [0.717, 1.165) is 22.2 Å². The fraction of sp³-hybridized carbons (Fsp3) is 0.240. The molecule has 1 aliphatic heterocycles. The summed E-state index contributed by atoms with van der Waals surface area (Å²) in [7, 11) is 0. The second kappa shape index (κ2) is 8.00. The summed E-state index contributed by atoms with van der Waals surface area (Å²) in [5.74, 6) is 0.481. The molecule has 2 aromatic heterocycles. The van der Waals surface area contributed by atoms with E-state index in [1.54, 1.807) is 11.0 Å². The molecule has 0 radical (unpaired) electrons. The van der Waals surface area contributed by atoms with E-state index in [1.165, 1.54) is 5.56 Å². The van der Waals surface area contributed by atoms with Crippen LogP contribution >= 0.6 is 0 Å². The fourth-order valence-electron chi connectivity index (χ4n) is 3.96. The van der Waals surface area contributed by atoms with Gasteiger partial charge in [0.05, 0.1) is 12.5 Å². The molecule has 1 fully saturated rings. The van der Waals surface area contributed by atoms with Crippen LogP contribution in [0.2, 0.25) is 0 Å². The van der Waals surface area contributed by atoms with Crippen LogP contribution in [0.25, 0.3) is 22.5 Å². The number of carbonyl (C=O) groups excluding carboxylic acids is 2. The highest BCUT2D eigenvalue weighted by Crippen LogP contribution is 2.29. The van der Waals surface area contributed by atoms with Gasteiger partial charge in [-0.1, -0.05) is 29.4 Å². The normalized spacial score (nSPS) is 16.1. The summed E-state index contributed by atoms with van der Waals surface area (Å²) < 4.78 is 11.2. The van der Waals surface area contributed by atoms with Gasteiger partial charge in [0, 0.05) is 30.1 Å². The van der Waals surface area contributed by atoms with E-state index in [1.807, 2.05) is 62.4 Å². The molecule has 0 aliphatic carbocycles. The highest BCUT2D eigenvalue weighted by atomic mass is 16.5. The van der Waals surface area contributed by atoms with Crippen molar-refractivity contribution in [3.05, 3.63) is 71.4 Å². The van der Waals surface area contributed by atoms with E-state index in [4.69, 9.17) is 8.94 Å². The second-order valence-electron chi connectivity index (χ2n) is 8.22. The van der Waals surface area contributed by atoms with Crippen molar-refractivity contribution in [3.8, 4) is 11.5 Å². The van der Waals surface area contributed by atoms with E-state index in [-0.39, 0.29) is 24.8 Å². The van der Waals surface area contributed by atoms with Crippen LogP contribution in [0.4, 0.5) is 5.69 Å². The largest absolute Gasteiger partial charge is 0.453 e. The molecule has 0 saturated carbocycles. The summed E-state index contributed by atoms with van der Waals surface area (Å²) in [6, 6.07) is 17.3. The molecule has 7 nitrogen and oxygen atoms in total. The van der Waals surface area contributed by atoms with Crippen LogP contribution in [-0.4, -0.2) is 23.5 Å². The van der Waals surface area contributed by atoms with Crippen molar-refractivity contribution >= 4 is 28.5 Å². The van der Waals surface area contributed by atoms with Gasteiger partial charge >= 0.3 is 0 Å². The Bertz CT molecular complexity index is 1290. The second-order valence-corrected chi connectivity index (χ2v) is 8.22. The SMILES string of the molecule is Cc1ccc(N2CC(C(=O)NCc3cc(-c4cc5ccccc5o4)on3)CC2=O)cc1C. The third kappa shape index (κ3) is 3.77. The molecule has 0 bridgehead atoms. The molecule has 162 valence electrons. The molecule has 2 aromatic carbocycles. The van der Waals surface area contributed by atoms with Crippen LogP contribution < -0.4 is 10.2 Å². The maximum absolute atomic E-state index is 12.7. The highest BCUT2D eigenvalue weighted by Gasteiger charge is 2.35. The molecule has 0 spiro atoms. The number of aryl methyl sites for hydroxylation is 2. The molecular formula is C25H23N3O4. The predicted octanol–water partition coefficient (Wildman–Crippen LogP) is 4.37. The monoisotopic (exact) mass is 429 g/mol. The van der Waals surface area contributed by atoms with Crippen LogP contribution in [-0.2, 0) is 16.1 Å². The van der Waals surface area contributed by atoms with Crippen LogP contribution in [0.15, 0.2) is 63.5 Å². The van der Waals surface area contributed by atoms with Crippen LogP contribution in [0, 0.1) is 19.8 Å². The molecule has 4 aromatic rings. The van der Waals surface area contributed by atoms with Gasteiger partial charge in [-0.25, -0.2) is 0 Å². The van der Waals surface area contributed by atoms with Gasteiger partial charge in [0.25, 0.3) is 0 Å². The number of benzene rings is 2. The number of furan rings is 1. The van der Waals surface area contributed by atoms with Gasteiger partial charge in [0.15, 0.2) is 5.76 Å². The molecule has 1 atom stereocenters. The van der Waals surface area contributed by atoms with Crippen LogP contribution in [0.3, 0.4) is 0 Å². The quantitative estimate of drug-likeness (QED) is 0.509. The predicted molar refractivity (Wildman–Crippen MR) is 120 cm³/mol. The lowest BCUT2D eigenvalue weighted by atomic mass is 10.1. The van der Waals surface area contributed by atoms with Crippen molar-refractivity contribution in [2.24, 2.45) is 5.92 Å². The Labute approximate surface area is 185 Å². The number of rotatable bonds is 5. The summed E-state index contributed by atoms with van der Waals surface area (Å²) in [5.41, 5.74) is 4.48. The third-order valence-corrected chi connectivity index (χ3v) is 5.97. The maximum Gasteiger partial charge on any atom is 0.227 e. The summed E-state index contributed by atoms with van der Waals surface area (Å²) in [6.45, 7) is 4.64.